The molecule has 0 aromatic heterocycles. The number of rotatable bonds is 15. The van der Waals surface area contributed by atoms with Gasteiger partial charge in [0, 0.05) is 50.3 Å². The maximum atomic E-state index is 14.0. The first-order valence-corrected chi connectivity index (χ1v) is 17.8. The number of esters is 1. The van der Waals surface area contributed by atoms with Crippen molar-refractivity contribution < 1.29 is 32.2 Å². The molecule has 6 rings (SSSR count). The molecule has 0 bridgehead atoms. The maximum Gasteiger partial charge on any atom is 0.347 e. The number of nitrogens with one attached hydrogen (secondary N) is 1. The van der Waals surface area contributed by atoms with E-state index in [9.17, 15) is 18.0 Å². The minimum absolute atomic E-state index is 0. The SMILES string of the molecule is CC(C)(C)c1ccc(O[C@@H](Cc2ccc(OCCN[C@H]3C4CN(Cc5cc(F)c(F)cc5F)C[C@@H]43)cc2)C(=O)OCCC2CCCC2)cc1.Cl.Cl. The summed E-state index contributed by atoms with van der Waals surface area (Å²) in [6.45, 7) is 9.98. The topological polar surface area (TPSA) is 60.0 Å². The zero-order chi connectivity index (χ0) is 34.5. The Kier molecular flexibility index (Phi) is 14.5. The molecule has 280 valence electrons. The molecule has 3 fully saturated rings. The summed E-state index contributed by atoms with van der Waals surface area (Å²) in [5, 5.41) is 3.56. The van der Waals surface area contributed by atoms with E-state index < -0.39 is 23.6 Å². The second-order valence-corrected chi connectivity index (χ2v) is 15.0. The summed E-state index contributed by atoms with van der Waals surface area (Å²) in [4.78, 5) is 15.3. The third-order valence-corrected chi connectivity index (χ3v) is 10.4. The van der Waals surface area contributed by atoms with Gasteiger partial charge in [0.25, 0.3) is 0 Å². The van der Waals surface area contributed by atoms with E-state index >= 15 is 0 Å². The summed E-state index contributed by atoms with van der Waals surface area (Å²) >= 11 is 0. The van der Waals surface area contributed by atoms with E-state index in [0.717, 1.165) is 36.9 Å². The van der Waals surface area contributed by atoms with Gasteiger partial charge in [-0.15, -0.1) is 24.8 Å². The largest absolute Gasteiger partial charge is 0.492 e. The van der Waals surface area contributed by atoms with Gasteiger partial charge in [-0.2, -0.15) is 0 Å². The lowest BCUT2D eigenvalue weighted by molar-refractivity contribution is -0.152. The first-order chi connectivity index (χ1) is 23.5. The normalized spacial score (nSPS) is 20.5. The molecule has 0 spiro atoms. The van der Waals surface area contributed by atoms with E-state index in [1.54, 1.807) is 0 Å². The van der Waals surface area contributed by atoms with E-state index in [1.807, 2.05) is 48.5 Å². The van der Waals surface area contributed by atoms with Gasteiger partial charge in [-0.25, -0.2) is 18.0 Å². The number of hydrogen-bond donors (Lipinski definition) is 1. The second-order valence-electron chi connectivity index (χ2n) is 15.0. The minimum Gasteiger partial charge on any atom is -0.492 e. The minimum atomic E-state index is -1.16. The van der Waals surface area contributed by atoms with Crippen LogP contribution in [-0.2, 0) is 27.9 Å². The number of halogens is 5. The van der Waals surface area contributed by atoms with Crippen LogP contribution >= 0.6 is 24.8 Å². The summed E-state index contributed by atoms with van der Waals surface area (Å²) in [5.41, 5.74) is 2.36. The van der Waals surface area contributed by atoms with Gasteiger partial charge in [-0.3, -0.25) is 4.90 Å². The summed E-state index contributed by atoms with van der Waals surface area (Å²) in [5.74, 6) is -0.258. The standard InChI is InChI=1S/C40H49F3N2O4.2ClH/c1-40(2,3)29-10-14-31(15-11-29)49-37(39(46)48-18-16-26-6-4-5-7-26)20-27-8-12-30(13-9-27)47-19-17-44-38-32-24-45(25-33(32)38)23-28-21-35(42)36(43)22-34(28)41;;/h8-15,21-22,26,32-33,37-38,44H,4-7,16-20,23-25H2,1-3H3;2*1H/t32-,33?,37-,38+;;/m0../s1. The highest BCUT2D eigenvalue weighted by Crippen LogP contribution is 2.46. The quantitative estimate of drug-likeness (QED) is 0.0956. The van der Waals surface area contributed by atoms with Gasteiger partial charge in [0.1, 0.15) is 23.9 Å². The molecule has 2 saturated carbocycles. The van der Waals surface area contributed by atoms with Gasteiger partial charge < -0.3 is 19.5 Å². The van der Waals surface area contributed by atoms with Gasteiger partial charge in [-0.1, -0.05) is 70.7 Å². The average Bonchev–Trinajstić information content (AvgIpc) is 3.40. The van der Waals surface area contributed by atoms with Crippen molar-refractivity contribution in [1.29, 1.82) is 0 Å². The van der Waals surface area contributed by atoms with Crippen molar-refractivity contribution in [2.75, 3.05) is 32.8 Å². The van der Waals surface area contributed by atoms with Crippen LogP contribution in [-0.4, -0.2) is 55.9 Å². The Balaban J connectivity index is 0.00000292. The van der Waals surface area contributed by atoms with E-state index in [0.29, 0.717) is 61.8 Å². The highest BCUT2D eigenvalue weighted by molar-refractivity contribution is 5.85. The van der Waals surface area contributed by atoms with Crippen LogP contribution in [0, 0.1) is 35.2 Å². The molecule has 4 atom stereocenters. The van der Waals surface area contributed by atoms with Crippen molar-refractivity contribution >= 4 is 30.8 Å². The Hall–Kier alpha value is -2.98. The Bertz CT molecular complexity index is 1550. The molecule has 6 nitrogen and oxygen atoms in total. The lowest BCUT2D eigenvalue weighted by Crippen LogP contribution is -2.33. The summed E-state index contributed by atoms with van der Waals surface area (Å²) < 4.78 is 58.8. The molecule has 51 heavy (non-hydrogen) atoms. The van der Waals surface area contributed by atoms with Crippen LogP contribution in [0.2, 0.25) is 0 Å². The van der Waals surface area contributed by atoms with Crippen LogP contribution < -0.4 is 14.8 Å². The molecule has 1 unspecified atom stereocenters. The van der Waals surface area contributed by atoms with Gasteiger partial charge in [0.2, 0.25) is 0 Å². The van der Waals surface area contributed by atoms with Gasteiger partial charge in [-0.05, 0) is 71.0 Å². The molecule has 3 aromatic rings. The Morgan fingerprint density at radius 2 is 1.49 bits per heavy atom. The number of piperidine rings is 1. The predicted molar refractivity (Wildman–Crippen MR) is 198 cm³/mol. The van der Waals surface area contributed by atoms with Crippen LogP contribution in [0.1, 0.15) is 69.6 Å². The monoisotopic (exact) mass is 750 g/mol. The summed E-state index contributed by atoms with van der Waals surface area (Å²) in [6, 6.07) is 17.7. The van der Waals surface area contributed by atoms with Crippen molar-refractivity contribution in [3.63, 3.8) is 0 Å². The molecular weight excluding hydrogens is 700 g/mol. The Morgan fingerprint density at radius 1 is 0.863 bits per heavy atom. The molecular formula is C40H51Cl2F3N2O4. The number of fused-ring (bicyclic) bond motifs is 1. The zero-order valence-electron chi connectivity index (χ0n) is 29.7. The predicted octanol–water partition coefficient (Wildman–Crippen LogP) is 8.46. The zero-order valence-corrected chi connectivity index (χ0v) is 31.3. The van der Waals surface area contributed by atoms with Crippen LogP contribution in [0.3, 0.4) is 0 Å². The van der Waals surface area contributed by atoms with Crippen LogP contribution in [0.25, 0.3) is 0 Å². The van der Waals surface area contributed by atoms with Crippen molar-refractivity contribution in [3.8, 4) is 11.5 Å². The lowest BCUT2D eigenvalue weighted by atomic mass is 9.87. The van der Waals surface area contributed by atoms with Crippen molar-refractivity contribution in [2.45, 2.75) is 83.4 Å². The molecule has 11 heteroatoms. The number of likely N-dealkylation sites (tertiary alicyclic amines) is 1. The van der Waals surface area contributed by atoms with E-state index in [1.165, 1.54) is 31.2 Å². The van der Waals surface area contributed by atoms with Gasteiger partial charge in [0.15, 0.2) is 17.7 Å². The molecule has 2 aliphatic carbocycles. The van der Waals surface area contributed by atoms with E-state index in [4.69, 9.17) is 14.2 Å². The third-order valence-electron chi connectivity index (χ3n) is 10.4. The highest BCUT2D eigenvalue weighted by atomic mass is 35.5. The fourth-order valence-electron chi connectivity index (χ4n) is 7.39. The van der Waals surface area contributed by atoms with Crippen molar-refractivity contribution in [1.82, 2.24) is 10.2 Å². The van der Waals surface area contributed by atoms with Crippen LogP contribution in [0.4, 0.5) is 13.2 Å². The number of benzene rings is 3. The number of ether oxygens (including phenoxy) is 3. The van der Waals surface area contributed by atoms with Crippen LogP contribution in [0.15, 0.2) is 60.7 Å². The fourth-order valence-corrected chi connectivity index (χ4v) is 7.39. The van der Waals surface area contributed by atoms with E-state index in [-0.39, 0.29) is 48.3 Å². The molecule has 0 radical (unpaired) electrons. The van der Waals surface area contributed by atoms with Gasteiger partial charge in [0.05, 0.1) is 6.61 Å². The molecule has 0 amide bonds. The number of carbonyl (C=O) groups excluding carboxylic acids is 1. The number of hydrogen-bond acceptors (Lipinski definition) is 6. The molecule has 3 aliphatic rings. The lowest BCUT2D eigenvalue weighted by Gasteiger charge is -2.21. The third kappa shape index (κ3) is 11.0. The summed E-state index contributed by atoms with van der Waals surface area (Å²) in [6.07, 6.45) is 5.50. The van der Waals surface area contributed by atoms with Crippen molar-refractivity contribution in [2.24, 2.45) is 17.8 Å². The van der Waals surface area contributed by atoms with E-state index in [2.05, 4.69) is 31.0 Å². The fraction of sp³-hybridized carbons (Fsp3) is 0.525. The van der Waals surface area contributed by atoms with Crippen LogP contribution in [0.5, 0.6) is 11.5 Å². The molecule has 3 aromatic carbocycles. The average molecular weight is 752 g/mol. The summed E-state index contributed by atoms with van der Waals surface area (Å²) in [7, 11) is 0. The number of carbonyl (C=O) groups is 1. The molecule has 1 aliphatic heterocycles. The first-order valence-electron chi connectivity index (χ1n) is 17.8. The molecule has 1 heterocycles. The van der Waals surface area contributed by atoms with Crippen molar-refractivity contribution in [3.05, 3.63) is 94.8 Å². The number of nitrogens with zero attached hydrogens (tertiary/aromatic N) is 1. The molecule has 1 N–H and O–H groups in total. The second kappa shape index (κ2) is 18.2. The Morgan fingerprint density at radius 3 is 2.14 bits per heavy atom. The smallest absolute Gasteiger partial charge is 0.347 e. The molecule has 1 saturated heterocycles. The van der Waals surface area contributed by atoms with Gasteiger partial charge >= 0.3 is 5.97 Å². The highest BCUT2D eigenvalue weighted by Gasteiger charge is 2.55. The Labute approximate surface area is 312 Å². The maximum absolute atomic E-state index is 14.0. The first kappa shape index (κ1) is 40.8.